The molecule has 1 aliphatic carbocycles. The molecule has 8 heteroatoms. The first-order chi connectivity index (χ1) is 12.8. The van der Waals surface area contributed by atoms with Crippen molar-refractivity contribution in [3.8, 4) is 5.75 Å². The van der Waals surface area contributed by atoms with Crippen LogP contribution in [0.15, 0.2) is 24.3 Å². The van der Waals surface area contributed by atoms with Gasteiger partial charge >= 0.3 is 6.18 Å². The molecule has 1 saturated carbocycles. The van der Waals surface area contributed by atoms with E-state index in [4.69, 9.17) is 4.74 Å². The minimum atomic E-state index is -4.32. The van der Waals surface area contributed by atoms with Gasteiger partial charge in [-0.05, 0) is 25.0 Å². The van der Waals surface area contributed by atoms with E-state index in [0.29, 0.717) is 30.7 Å². The molecule has 3 atom stereocenters. The summed E-state index contributed by atoms with van der Waals surface area (Å²) in [5.41, 5.74) is 0.612. The summed E-state index contributed by atoms with van der Waals surface area (Å²) in [6.07, 6.45) is -2.80. The zero-order chi connectivity index (χ0) is 19.6. The monoisotopic (exact) mass is 384 g/mol. The second-order valence-corrected chi connectivity index (χ2v) is 7.15. The molecule has 2 amide bonds. The molecular weight excluding hydrogens is 361 g/mol. The number of hydrogen-bond acceptors (Lipinski definition) is 3. The molecule has 1 saturated heterocycles. The minimum Gasteiger partial charge on any atom is -0.497 e. The van der Waals surface area contributed by atoms with E-state index in [9.17, 15) is 22.8 Å². The van der Waals surface area contributed by atoms with Gasteiger partial charge in [0.2, 0.25) is 11.8 Å². The molecule has 1 N–H and O–H groups in total. The number of halogens is 3. The molecule has 0 bridgehead atoms. The quantitative estimate of drug-likeness (QED) is 0.867. The maximum atomic E-state index is 13.2. The number of rotatable bonds is 4. The van der Waals surface area contributed by atoms with Crippen LogP contribution >= 0.6 is 0 Å². The van der Waals surface area contributed by atoms with Crippen LogP contribution in [-0.4, -0.2) is 37.7 Å². The van der Waals surface area contributed by atoms with Gasteiger partial charge in [-0.1, -0.05) is 18.9 Å². The van der Waals surface area contributed by atoms with E-state index in [0.717, 1.165) is 0 Å². The largest absolute Gasteiger partial charge is 0.497 e. The van der Waals surface area contributed by atoms with E-state index < -0.39 is 30.0 Å². The Morgan fingerprint density at radius 1 is 1.26 bits per heavy atom. The van der Waals surface area contributed by atoms with Crippen molar-refractivity contribution in [1.29, 1.82) is 0 Å². The Bertz CT molecular complexity index is 708. The molecule has 0 aromatic heterocycles. The van der Waals surface area contributed by atoms with E-state index in [-0.39, 0.29) is 25.3 Å². The van der Waals surface area contributed by atoms with Crippen LogP contribution < -0.4 is 15.0 Å². The smallest absolute Gasteiger partial charge is 0.393 e. The Hall–Kier alpha value is -2.25. The fraction of sp³-hybridized carbons (Fsp3) is 0.579. The molecule has 1 aromatic rings. The molecule has 5 nitrogen and oxygen atoms in total. The number of alkyl halides is 3. The third kappa shape index (κ3) is 4.36. The Labute approximate surface area is 155 Å². The van der Waals surface area contributed by atoms with Crippen molar-refractivity contribution in [2.24, 2.45) is 11.8 Å². The number of anilines is 1. The lowest BCUT2D eigenvalue weighted by Gasteiger charge is -2.34. The minimum absolute atomic E-state index is 0.00749. The van der Waals surface area contributed by atoms with Gasteiger partial charge in [-0.15, -0.1) is 0 Å². The summed E-state index contributed by atoms with van der Waals surface area (Å²) in [6.45, 7) is 0.154. The lowest BCUT2D eigenvalue weighted by Crippen LogP contribution is -2.49. The standard InChI is InChI=1S/C19H23F3N2O3/c1-27-14-6-4-5-13(10-14)24-11-12(9-17(24)25)18(26)23-16-8-3-2-7-15(16)19(20,21)22/h4-6,10,12,15-16H,2-3,7-9,11H2,1H3,(H,23,26). The third-order valence-electron chi connectivity index (χ3n) is 5.37. The maximum absolute atomic E-state index is 13.2. The van der Waals surface area contributed by atoms with Crippen molar-refractivity contribution in [1.82, 2.24) is 5.32 Å². The Balaban J connectivity index is 1.66. The molecule has 2 aliphatic rings. The molecule has 3 unspecified atom stereocenters. The van der Waals surface area contributed by atoms with E-state index >= 15 is 0 Å². The van der Waals surface area contributed by atoms with Crippen LogP contribution in [0, 0.1) is 11.8 Å². The first-order valence-corrected chi connectivity index (χ1v) is 9.11. The number of carbonyl (C=O) groups excluding carboxylic acids is 2. The number of amides is 2. The maximum Gasteiger partial charge on any atom is 0.393 e. The second-order valence-electron chi connectivity index (χ2n) is 7.15. The molecule has 27 heavy (non-hydrogen) atoms. The van der Waals surface area contributed by atoms with E-state index in [1.807, 2.05) is 0 Å². The van der Waals surface area contributed by atoms with Gasteiger partial charge < -0.3 is 15.0 Å². The molecule has 2 fully saturated rings. The first kappa shape index (κ1) is 19.5. The van der Waals surface area contributed by atoms with Crippen molar-refractivity contribution in [3.63, 3.8) is 0 Å². The highest BCUT2D eigenvalue weighted by Gasteiger charge is 2.47. The summed E-state index contributed by atoms with van der Waals surface area (Å²) in [5, 5.41) is 2.57. The van der Waals surface area contributed by atoms with Gasteiger partial charge in [0, 0.05) is 30.8 Å². The van der Waals surface area contributed by atoms with Crippen molar-refractivity contribution in [2.45, 2.75) is 44.3 Å². The fourth-order valence-electron chi connectivity index (χ4n) is 3.91. The Morgan fingerprint density at radius 3 is 2.70 bits per heavy atom. The van der Waals surface area contributed by atoms with Gasteiger partial charge in [0.15, 0.2) is 0 Å². The van der Waals surface area contributed by atoms with Crippen molar-refractivity contribution >= 4 is 17.5 Å². The first-order valence-electron chi connectivity index (χ1n) is 9.11. The van der Waals surface area contributed by atoms with Gasteiger partial charge in [-0.3, -0.25) is 9.59 Å². The predicted octanol–water partition coefficient (Wildman–Crippen LogP) is 3.29. The van der Waals surface area contributed by atoms with Gasteiger partial charge in [-0.2, -0.15) is 13.2 Å². The summed E-state index contributed by atoms with van der Waals surface area (Å²) in [6, 6.07) is 6.01. The summed E-state index contributed by atoms with van der Waals surface area (Å²) >= 11 is 0. The summed E-state index contributed by atoms with van der Waals surface area (Å²) in [5.74, 6) is -2.28. The zero-order valence-corrected chi connectivity index (χ0v) is 15.1. The van der Waals surface area contributed by atoms with Crippen LogP contribution in [0.5, 0.6) is 5.75 Å². The second kappa shape index (κ2) is 7.78. The number of carbonyl (C=O) groups is 2. The molecule has 0 spiro atoms. The van der Waals surface area contributed by atoms with E-state index in [1.54, 1.807) is 24.3 Å². The summed E-state index contributed by atoms with van der Waals surface area (Å²) in [4.78, 5) is 26.4. The van der Waals surface area contributed by atoms with Gasteiger partial charge in [0.05, 0.1) is 18.9 Å². The molecule has 148 valence electrons. The third-order valence-corrected chi connectivity index (χ3v) is 5.37. The van der Waals surface area contributed by atoms with Crippen LogP contribution in [0.2, 0.25) is 0 Å². The highest BCUT2D eigenvalue weighted by molar-refractivity contribution is 6.00. The topological polar surface area (TPSA) is 58.6 Å². The fourth-order valence-corrected chi connectivity index (χ4v) is 3.91. The lowest BCUT2D eigenvalue weighted by atomic mass is 9.83. The number of methoxy groups -OCH3 is 1. The van der Waals surface area contributed by atoms with Crippen molar-refractivity contribution < 1.29 is 27.5 Å². The molecule has 3 rings (SSSR count). The number of nitrogens with one attached hydrogen (secondary N) is 1. The van der Waals surface area contributed by atoms with Gasteiger partial charge in [-0.25, -0.2) is 0 Å². The SMILES string of the molecule is COc1cccc(N2CC(C(=O)NC3CCCCC3C(F)(F)F)CC2=O)c1. The normalized spacial score (nSPS) is 26.1. The number of hydrogen-bond donors (Lipinski definition) is 1. The number of ether oxygens (including phenoxy) is 1. The predicted molar refractivity (Wildman–Crippen MR) is 93.4 cm³/mol. The number of benzene rings is 1. The Morgan fingerprint density at radius 2 is 2.00 bits per heavy atom. The molecule has 1 aromatic carbocycles. The van der Waals surface area contributed by atoms with Crippen LogP contribution in [0.3, 0.4) is 0 Å². The summed E-state index contributed by atoms with van der Waals surface area (Å²) in [7, 11) is 1.52. The highest BCUT2D eigenvalue weighted by atomic mass is 19.4. The van der Waals surface area contributed by atoms with Gasteiger partial charge in [0.25, 0.3) is 0 Å². The summed E-state index contributed by atoms with van der Waals surface area (Å²) < 4.78 is 44.8. The zero-order valence-electron chi connectivity index (χ0n) is 15.1. The molecule has 1 aliphatic heterocycles. The molecule has 1 heterocycles. The van der Waals surface area contributed by atoms with Crippen LogP contribution in [0.1, 0.15) is 32.1 Å². The molecular formula is C19H23F3N2O3. The van der Waals surface area contributed by atoms with Crippen LogP contribution in [0.25, 0.3) is 0 Å². The van der Waals surface area contributed by atoms with Crippen LogP contribution in [-0.2, 0) is 9.59 Å². The van der Waals surface area contributed by atoms with E-state index in [2.05, 4.69) is 5.32 Å². The molecule has 0 radical (unpaired) electrons. The van der Waals surface area contributed by atoms with Crippen molar-refractivity contribution in [2.75, 3.05) is 18.6 Å². The average Bonchev–Trinajstić information content (AvgIpc) is 3.03. The van der Waals surface area contributed by atoms with Crippen molar-refractivity contribution in [3.05, 3.63) is 24.3 Å². The number of nitrogens with zero attached hydrogens (tertiary/aromatic N) is 1. The highest BCUT2D eigenvalue weighted by Crippen LogP contribution is 2.38. The van der Waals surface area contributed by atoms with E-state index in [1.165, 1.54) is 12.0 Å². The average molecular weight is 384 g/mol. The van der Waals surface area contributed by atoms with Crippen LogP contribution in [0.4, 0.5) is 18.9 Å². The Kier molecular flexibility index (Phi) is 5.62. The lowest BCUT2D eigenvalue weighted by molar-refractivity contribution is -0.189. The van der Waals surface area contributed by atoms with Gasteiger partial charge in [0.1, 0.15) is 5.75 Å².